The summed E-state index contributed by atoms with van der Waals surface area (Å²) in [5, 5.41) is 4.42. The molecule has 0 saturated carbocycles. The Morgan fingerprint density at radius 3 is 2.70 bits per heavy atom. The lowest BCUT2D eigenvalue weighted by Gasteiger charge is -2.19. The second kappa shape index (κ2) is 10.6. The molecule has 1 unspecified atom stereocenters. The van der Waals surface area contributed by atoms with E-state index in [0.717, 1.165) is 54.9 Å². The third-order valence-corrected chi connectivity index (χ3v) is 3.97. The minimum Gasteiger partial charge on any atom is -0.381 e. The van der Waals surface area contributed by atoms with E-state index in [1.165, 1.54) is 5.56 Å². The van der Waals surface area contributed by atoms with Crippen LogP contribution < -0.4 is 5.32 Å². The molecule has 20 heavy (non-hydrogen) atoms. The normalized spacial score (nSPS) is 12.6. The third-order valence-electron chi connectivity index (χ3n) is 3.12. The van der Waals surface area contributed by atoms with Gasteiger partial charge in [-0.3, -0.25) is 0 Å². The standard InChI is InChI=1S/C16H25BrClNO/c1-3-8-19-15(7-10-20-9-4-2)11-13-5-6-14(17)12-16(13)18/h5-6,12,15,19H,3-4,7-11H2,1-2H3. The predicted octanol–water partition coefficient (Wildman–Crippen LogP) is 4.83. The Hall–Kier alpha value is -0.0900. The van der Waals surface area contributed by atoms with E-state index in [4.69, 9.17) is 16.3 Å². The van der Waals surface area contributed by atoms with Crippen molar-refractivity contribution in [1.82, 2.24) is 5.32 Å². The first-order chi connectivity index (χ1) is 9.67. The molecule has 0 fully saturated rings. The van der Waals surface area contributed by atoms with E-state index < -0.39 is 0 Å². The van der Waals surface area contributed by atoms with Gasteiger partial charge >= 0.3 is 0 Å². The molecule has 0 heterocycles. The van der Waals surface area contributed by atoms with E-state index in [1.54, 1.807) is 0 Å². The molecule has 0 bridgehead atoms. The summed E-state index contributed by atoms with van der Waals surface area (Å²) in [6.07, 6.45) is 4.18. The zero-order chi connectivity index (χ0) is 14.8. The fraction of sp³-hybridized carbons (Fsp3) is 0.625. The van der Waals surface area contributed by atoms with Crippen molar-refractivity contribution in [2.75, 3.05) is 19.8 Å². The summed E-state index contributed by atoms with van der Waals surface area (Å²) in [4.78, 5) is 0. The van der Waals surface area contributed by atoms with Gasteiger partial charge < -0.3 is 10.1 Å². The molecule has 1 aromatic rings. The largest absolute Gasteiger partial charge is 0.381 e. The van der Waals surface area contributed by atoms with E-state index in [9.17, 15) is 0 Å². The Labute approximate surface area is 136 Å². The molecule has 0 aliphatic rings. The molecule has 4 heteroatoms. The van der Waals surface area contributed by atoms with Crippen LogP contribution in [-0.2, 0) is 11.2 Å². The molecule has 1 N–H and O–H groups in total. The van der Waals surface area contributed by atoms with Crippen molar-refractivity contribution in [3.63, 3.8) is 0 Å². The molecule has 1 atom stereocenters. The fourth-order valence-electron chi connectivity index (χ4n) is 2.05. The molecule has 0 amide bonds. The Morgan fingerprint density at radius 2 is 2.05 bits per heavy atom. The molecular weight excluding hydrogens is 338 g/mol. The second-order valence-corrected chi connectivity index (χ2v) is 6.31. The van der Waals surface area contributed by atoms with Crippen LogP contribution in [0.3, 0.4) is 0 Å². The maximum atomic E-state index is 6.30. The van der Waals surface area contributed by atoms with Crippen LogP contribution in [0.5, 0.6) is 0 Å². The Kier molecular flexibility index (Phi) is 9.53. The van der Waals surface area contributed by atoms with Crippen LogP contribution >= 0.6 is 27.5 Å². The SMILES string of the molecule is CCCNC(CCOCCC)Cc1ccc(Br)cc1Cl. The van der Waals surface area contributed by atoms with Gasteiger partial charge in [-0.15, -0.1) is 0 Å². The van der Waals surface area contributed by atoms with Gasteiger partial charge in [0.25, 0.3) is 0 Å². The maximum absolute atomic E-state index is 6.30. The second-order valence-electron chi connectivity index (χ2n) is 4.99. The summed E-state index contributed by atoms with van der Waals surface area (Å²) in [6.45, 7) is 7.01. The Bertz CT molecular complexity index is 387. The van der Waals surface area contributed by atoms with Crippen LogP contribution in [0.15, 0.2) is 22.7 Å². The highest BCUT2D eigenvalue weighted by atomic mass is 79.9. The quantitative estimate of drug-likeness (QED) is 0.602. The Balaban J connectivity index is 2.53. The van der Waals surface area contributed by atoms with E-state index in [2.05, 4.69) is 41.2 Å². The molecule has 2 nitrogen and oxygen atoms in total. The number of nitrogens with one attached hydrogen (secondary N) is 1. The minimum absolute atomic E-state index is 0.422. The number of hydrogen-bond donors (Lipinski definition) is 1. The lowest BCUT2D eigenvalue weighted by Crippen LogP contribution is -2.33. The van der Waals surface area contributed by atoms with Gasteiger partial charge in [0.15, 0.2) is 0 Å². The van der Waals surface area contributed by atoms with E-state index >= 15 is 0 Å². The van der Waals surface area contributed by atoms with Crippen molar-refractivity contribution >= 4 is 27.5 Å². The van der Waals surface area contributed by atoms with Crippen LogP contribution in [-0.4, -0.2) is 25.8 Å². The maximum Gasteiger partial charge on any atom is 0.0480 e. The van der Waals surface area contributed by atoms with Crippen molar-refractivity contribution in [2.24, 2.45) is 0 Å². The van der Waals surface area contributed by atoms with Crippen molar-refractivity contribution < 1.29 is 4.74 Å². The van der Waals surface area contributed by atoms with Gasteiger partial charge in [0.1, 0.15) is 0 Å². The third kappa shape index (κ3) is 7.07. The van der Waals surface area contributed by atoms with Crippen LogP contribution in [0.1, 0.15) is 38.7 Å². The lowest BCUT2D eigenvalue weighted by molar-refractivity contribution is 0.124. The van der Waals surface area contributed by atoms with Gasteiger partial charge in [0.05, 0.1) is 0 Å². The van der Waals surface area contributed by atoms with E-state index in [-0.39, 0.29) is 0 Å². The van der Waals surface area contributed by atoms with Crippen molar-refractivity contribution in [1.29, 1.82) is 0 Å². The van der Waals surface area contributed by atoms with Gasteiger partial charge in [0.2, 0.25) is 0 Å². The molecule has 1 aromatic carbocycles. The summed E-state index contributed by atoms with van der Waals surface area (Å²) in [5.74, 6) is 0. The Morgan fingerprint density at radius 1 is 1.25 bits per heavy atom. The molecule has 0 aliphatic carbocycles. The summed E-state index contributed by atoms with van der Waals surface area (Å²) in [6, 6.07) is 6.53. The van der Waals surface area contributed by atoms with E-state index in [1.807, 2.05) is 12.1 Å². The van der Waals surface area contributed by atoms with Gasteiger partial charge in [0, 0.05) is 28.8 Å². The zero-order valence-corrected chi connectivity index (χ0v) is 14.8. The topological polar surface area (TPSA) is 21.3 Å². The summed E-state index contributed by atoms with van der Waals surface area (Å²) in [7, 11) is 0. The molecule has 114 valence electrons. The minimum atomic E-state index is 0.422. The number of rotatable bonds is 10. The van der Waals surface area contributed by atoms with Crippen molar-refractivity contribution in [3.8, 4) is 0 Å². The van der Waals surface area contributed by atoms with Crippen LogP contribution in [0.2, 0.25) is 5.02 Å². The molecule has 1 rings (SSSR count). The highest BCUT2D eigenvalue weighted by Gasteiger charge is 2.11. The van der Waals surface area contributed by atoms with E-state index in [0.29, 0.717) is 6.04 Å². The van der Waals surface area contributed by atoms with Crippen LogP contribution in [0, 0.1) is 0 Å². The summed E-state index contributed by atoms with van der Waals surface area (Å²) < 4.78 is 6.62. The molecule has 0 aromatic heterocycles. The lowest BCUT2D eigenvalue weighted by atomic mass is 10.0. The molecule has 0 spiro atoms. The predicted molar refractivity (Wildman–Crippen MR) is 90.7 cm³/mol. The number of halogens is 2. The first-order valence-corrected chi connectivity index (χ1v) is 8.59. The highest BCUT2D eigenvalue weighted by Crippen LogP contribution is 2.23. The van der Waals surface area contributed by atoms with Gasteiger partial charge in [-0.2, -0.15) is 0 Å². The first-order valence-electron chi connectivity index (χ1n) is 7.42. The van der Waals surface area contributed by atoms with Gasteiger partial charge in [-0.1, -0.05) is 47.4 Å². The average Bonchev–Trinajstić information content (AvgIpc) is 2.43. The number of benzene rings is 1. The average molecular weight is 363 g/mol. The molecule has 0 radical (unpaired) electrons. The number of ether oxygens (including phenoxy) is 1. The number of hydrogen-bond acceptors (Lipinski definition) is 2. The molecule has 0 aliphatic heterocycles. The molecule has 0 saturated heterocycles. The highest BCUT2D eigenvalue weighted by molar-refractivity contribution is 9.10. The summed E-state index contributed by atoms with van der Waals surface area (Å²) >= 11 is 9.75. The summed E-state index contributed by atoms with van der Waals surface area (Å²) in [5.41, 5.74) is 1.19. The van der Waals surface area contributed by atoms with Crippen LogP contribution in [0.25, 0.3) is 0 Å². The monoisotopic (exact) mass is 361 g/mol. The fourth-order valence-corrected chi connectivity index (χ4v) is 2.80. The molecular formula is C16H25BrClNO. The van der Waals surface area contributed by atoms with Crippen molar-refractivity contribution in [2.45, 2.75) is 45.6 Å². The van der Waals surface area contributed by atoms with Gasteiger partial charge in [-0.25, -0.2) is 0 Å². The van der Waals surface area contributed by atoms with Gasteiger partial charge in [-0.05, 0) is 49.9 Å². The smallest absolute Gasteiger partial charge is 0.0480 e. The van der Waals surface area contributed by atoms with Crippen molar-refractivity contribution in [3.05, 3.63) is 33.3 Å². The zero-order valence-electron chi connectivity index (χ0n) is 12.4. The first kappa shape index (κ1) is 18.0. The van der Waals surface area contributed by atoms with Crippen LogP contribution in [0.4, 0.5) is 0 Å².